The zero-order chi connectivity index (χ0) is 12.1. The molecule has 0 aromatic rings. The smallest absolute Gasteiger partial charge is 0.0702 e. The van der Waals surface area contributed by atoms with Crippen LogP contribution in [0.1, 0.15) is 45.4 Å². The molecule has 0 bridgehead atoms. The maximum atomic E-state index is 5.96. The minimum atomic E-state index is 0.476. The van der Waals surface area contributed by atoms with Gasteiger partial charge in [0.1, 0.15) is 0 Å². The summed E-state index contributed by atoms with van der Waals surface area (Å²) in [6.45, 7) is 6.65. The van der Waals surface area contributed by atoms with Gasteiger partial charge in [-0.05, 0) is 57.9 Å². The van der Waals surface area contributed by atoms with Gasteiger partial charge >= 0.3 is 0 Å². The summed E-state index contributed by atoms with van der Waals surface area (Å²) < 4.78 is 5.76. The number of nitrogens with two attached hydrogens (primary N) is 1. The van der Waals surface area contributed by atoms with Gasteiger partial charge in [-0.3, -0.25) is 0 Å². The molecule has 1 atom stereocenters. The Balaban J connectivity index is 1.71. The lowest BCUT2D eigenvalue weighted by atomic mass is 9.86. The van der Waals surface area contributed by atoms with Gasteiger partial charge in [0.25, 0.3) is 0 Å². The number of rotatable bonds is 4. The Hall–Kier alpha value is -0.120. The van der Waals surface area contributed by atoms with E-state index >= 15 is 0 Å². The third kappa shape index (κ3) is 4.23. The highest BCUT2D eigenvalue weighted by Gasteiger charge is 2.24. The standard InChI is InChI=1S/C14H28N2O/c1-2-17-14-4-3-9-16(11-14)10-12-5-7-13(15)8-6-12/h12-14H,2-11,15H2,1H3. The van der Waals surface area contributed by atoms with Crippen molar-refractivity contribution in [3.8, 4) is 0 Å². The Labute approximate surface area is 106 Å². The molecule has 0 spiro atoms. The highest BCUT2D eigenvalue weighted by Crippen LogP contribution is 2.25. The second kappa shape index (κ2) is 6.72. The van der Waals surface area contributed by atoms with E-state index in [1.165, 1.54) is 51.6 Å². The molecular formula is C14H28N2O. The Bertz CT molecular complexity index is 212. The van der Waals surface area contributed by atoms with Crippen molar-refractivity contribution in [2.24, 2.45) is 11.7 Å². The third-order valence-electron chi connectivity index (χ3n) is 4.27. The molecule has 0 radical (unpaired) electrons. The lowest BCUT2D eigenvalue weighted by Crippen LogP contribution is -2.43. The van der Waals surface area contributed by atoms with Crippen LogP contribution in [0.5, 0.6) is 0 Å². The van der Waals surface area contributed by atoms with Crippen LogP contribution in [0, 0.1) is 5.92 Å². The molecule has 1 heterocycles. The second-order valence-electron chi connectivity index (χ2n) is 5.76. The summed E-state index contributed by atoms with van der Waals surface area (Å²) in [5.74, 6) is 0.884. The molecule has 2 rings (SSSR count). The molecule has 0 aromatic carbocycles. The van der Waals surface area contributed by atoms with E-state index in [0.29, 0.717) is 12.1 Å². The van der Waals surface area contributed by atoms with Gasteiger partial charge in [0.2, 0.25) is 0 Å². The fourth-order valence-corrected chi connectivity index (χ4v) is 3.29. The van der Waals surface area contributed by atoms with Gasteiger partial charge in [0.05, 0.1) is 6.10 Å². The van der Waals surface area contributed by atoms with E-state index < -0.39 is 0 Å². The maximum absolute atomic E-state index is 5.96. The van der Waals surface area contributed by atoms with E-state index in [2.05, 4.69) is 11.8 Å². The number of nitrogens with zero attached hydrogens (tertiary/aromatic N) is 1. The van der Waals surface area contributed by atoms with Crippen LogP contribution in [0.3, 0.4) is 0 Å². The fourth-order valence-electron chi connectivity index (χ4n) is 3.29. The molecule has 100 valence electrons. The zero-order valence-corrected chi connectivity index (χ0v) is 11.2. The average Bonchev–Trinajstić information content (AvgIpc) is 2.33. The van der Waals surface area contributed by atoms with Crippen LogP contribution in [0.25, 0.3) is 0 Å². The molecule has 1 aliphatic heterocycles. The molecule has 0 amide bonds. The minimum absolute atomic E-state index is 0.476. The number of hydrogen-bond donors (Lipinski definition) is 1. The summed E-state index contributed by atoms with van der Waals surface area (Å²) >= 11 is 0. The summed E-state index contributed by atoms with van der Waals surface area (Å²) in [5, 5.41) is 0. The summed E-state index contributed by atoms with van der Waals surface area (Å²) in [5.41, 5.74) is 5.96. The average molecular weight is 240 g/mol. The van der Waals surface area contributed by atoms with Crippen molar-refractivity contribution < 1.29 is 4.74 Å². The SMILES string of the molecule is CCOC1CCCN(CC2CCC(N)CC2)C1. The van der Waals surface area contributed by atoms with Crippen molar-refractivity contribution in [3.05, 3.63) is 0 Å². The van der Waals surface area contributed by atoms with Crippen LogP contribution in [-0.4, -0.2) is 43.3 Å². The number of hydrogen-bond acceptors (Lipinski definition) is 3. The normalized spacial score (nSPS) is 36.0. The Kier molecular flexibility index (Phi) is 5.26. The molecule has 1 saturated carbocycles. The van der Waals surface area contributed by atoms with Crippen molar-refractivity contribution in [2.45, 2.75) is 57.6 Å². The molecule has 0 aromatic heterocycles. The quantitative estimate of drug-likeness (QED) is 0.817. The van der Waals surface area contributed by atoms with Crippen LogP contribution in [0.2, 0.25) is 0 Å². The van der Waals surface area contributed by atoms with Crippen molar-refractivity contribution in [1.29, 1.82) is 0 Å². The van der Waals surface area contributed by atoms with Crippen LogP contribution in [-0.2, 0) is 4.74 Å². The molecule has 2 aliphatic rings. The van der Waals surface area contributed by atoms with E-state index in [9.17, 15) is 0 Å². The highest BCUT2D eigenvalue weighted by atomic mass is 16.5. The molecule has 17 heavy (non-hydrogen) atoms. The minimum Gasteiger partial charge on any atom is -0.377 e. The van der Waals surface area contributed by atoms with Gasteiger partial charge in [-0.2, -0.15) is 0 Å². The van der Waals surface area contributed by atoms with E-state index in [1.807, 2.05) is 0 Å². The first kappa shape index (κ1) is 13.3. The Morgan fingerprint density at radius 2 is 1.94 bits per heavy atom. The molecule has 2 fully saturated rings. The van der Waals surface area contributed by atoms with Crippen molar-refractivity contribution in [3.63, 3.8) is 0 Å². The topological polar surface area (TPSA) is 38.5 Å². The first-order valence-corrected chi connectivity index (χ1v) is 7.37. The highest BCUT2D eigenvalue weighted by molar-refractivity contribution is 4.80. The number of ether oxygens (including phenoxy) is 1. The van der Waals surface area contributed by atoms with Gasteiger partial charge in [0, 0.05) is 25.7 Å². The van der Waals surface area contributed by atoms with Gasteiger partial charge in [-0.1, -0.05) is 0 Å². The lowest BCUT2D eigenvalue weighted by molar-refractivity contribution is 0.0000997. The zero-order valence-electron chi connectivity index (χ0n) is 11.2. The molecular weight excluding hydrogens is 212 g/mol. The van der Waals surface area contributed by atoms with Gasteiger partial charge in [0.15, 0.2) is 0 Å². The molecule has 1 saturated heterocycles. The third-order valence-corrected chi connectivity index (χ3v) is 4.27. The van der Waals surface area contributed by atoms with Gasteiger partial charge < -0.3 is 15.4 Å². The van der Waals surface area contributed by atoms with Crippen LogP contribution < -0.4 is 5.73 Å². The number of likely N-dealkylation sites (tertiary alicyclic amines) is 1. The van der Waals surface area contributed by atoms with Gasteiger partial charge in [-0.25, -0.2) is 0 Å². The van der Waals surface area contributed by atoms with E-state index in [0.717, 1.165) is 19.1 Å². The Morgan fingerprint density at radius 3 is 2.65 bits per heavy atom. The molecule has 1 aliphatic carbocycles. The summed E-state index contributed by atoms with van der Waals surface area (Å²) in [6, 6.07) is 0.476. The fraction of sp³-hybridized carbons (Fsp3) is 1.00. The first-order valence-electron chi connectivity index (χ1n) is 7.37. The van der Waals surface area contributed by atoms with Crippen LogP contribution in [0.15, 0.2) is 0 Å². The van der Waals surface area contributed by atoms with E-state index in [-0.39, 0.29) is 0 Å². The molecule has 1 unspecified atom stereocenters. The van der Waals surface area contributed by atoms with E-state index in [1.54, 1.807) is 0 Å². The first-order chi connectivity index (χ1) is 8.28. The maximum Gasteiger partial charge on any atom is 0.0702 e. The summed E-state index contributed by atoms with van der Waals surface area (Å²) in [7, 11) is 0. The molecule has 3 nitrogen and oxygen atoms in total. The molecule has 2 N–H and O–H groups in total. The van der Waals surface area contributed by atoms with E-state index in [4.69, 9.17) is 10.5 Å². The van der Waals surface area contributed by atoms with Crippen molar-refractivity contribution >= 4 is 0 Å². The Morgan fingerprint density at radius 1 is 1.18 bits per heavy atom. The monoisotopic (exact) mass is 240 g/mol. The summed E-state index contributed by atoms with van der Waals surface area (Å²) in [6.07, 6.45) is 8.16. The predicted molar refractivity (Wildman–Crippen MR) is 71.0 cm³/mol. The molecule has 3 heteroatoms. The van der Waals surface area contributed by atoms with Gasteiger partial charge in [-0.15, -0.1) is 0 Å². The summed E-state index contributed by atoms with van der Waals surface area (Å²) in [4.78, 5) is 2.62. The lowest BCUT2D eigenvalue weighted by Gasteiger charge is -2.36. The van der Waals surface area contributed by atoms with Crippen molar-refractivity contribution in [1.82, 2.24) is 4.90 Å². The largest absolute Gasteiger partial charge is 0.377 e. The van der Waals surface area contributed by atoms with Crippen LogP contribution >= 0.6 is 0 Å². The van der Waals surface area contributed by atoms with Crippen LogP contribution in [0.4, 0.5) is 0 Å². The second-order valence-corrected chi connectivity index (χ2v) is 5.76. The predicted octanol–water partition coefficient (Wildman–Crippen LogP) is 2.00. The number of piperidine rings is 1. The van der Waals surface area contributed by atoms with Crippen molar-refractivity contribution in [2.75, 3.05) is 26.2 Å².